The van der Waals surface area contributed by atoms with E-state index in [2.05, 4.69) is 10.3 Å². The second-order valence-corrected chi connectivity index (χ2v) is 6.65. The highest BCUT2D eigenvalue weighted by Crippen LogP contribution is 2.27. The normalized spacial score (nSPS) is 12.3. The lowest BCUT2D eigenvalue weighted by atomic mass is 10.1. The van der Waals surface area contributed by atoms with E-state index in [-0.39, 0.29) is 34.5 Å². The highest BCUT2D eigenvalue weighted by Gasteiger charge is 2.18. The van der Waals surface area contributed by atoms with Crippen molar-refractivity contribution in [2.24, 2.45) is 0 Å². The maximum absolute atomic E-state index is 12.6. The summed E-state index contributed by atoms with van der Waals surface area (Å²) in [5, 5.41) is 2.83. The number of hydrogen-bond acceptors (Lipinski definition) is 4. The van der Waals surface area contributed by atoms with Crippen LogP contribution in [0.1, 0.15) is 42.7 Å². The molecule has 0 fully saturated rings. The SMILES string of the molecule is CC(C)Oc1cccc(C(C)NC(=O)c2cccnc2SC(F)F)c1. The number of carbonyl (C=O) groups is 1. The van der Waals surface area contributed by atoms with Gasteiger partial charge in [0.15, 0.2) is 0 Å². The summed E-state index contributed by atoms with van der Waals surface area (Å²) in [6.45, 7) is 5.69. The van der Waals surface area contributed by atoms with Crippen LogP contribution in [-0.4, -0.2) is 22.8 Å². The van der Waals surface area contributed by atoms with Gasteiger partial charge < -0.3 is 10.1 Å². The fourth-order valence-electron chi connectivity index (χ4n) is 2.23. The average Bonchev–Trinajstić information content (AvgIpc) is 2.54. The van der Waals surface area contributed by atoms with Crippen molar-refractivity contribution in [2.75, 3.05) is 0 Å². The first-order valence-corrected chi connectivity index (χ1v) is 8.72. The molecule has 0 aliphatic rings. The van der Waals surface area contributed by atoms with Gasteiger partial charge in [-0.05, 0) is 62.4 Å². The summed E-state index contributed by atoms with van der Waals surface area (Å²) in [6, 6.07) is 10.1. The fourth-order valence-corrected chi connectivity index (χ4v) is 2.81. The Kier molecular flexibility index (Phi) is 6.75. The van der Waals surface area contributed by atoms with Crippen molar-refractivity contribution in [1.29, 1.82) is 0 Å². The molecular weight excluding hydrogens is 346 g/mol. The minimum absolute atomic E-state index is 0.0130. The molecule has 0 bridgehead atoms. The number of pyridine rings is 1. The van der Waals surface area contributed by atoms with Gasteiger partial charge in [-0.1, -0.05) is 12.1 Å². The summed E-state index contributed by atoms with van der Waals surface area (Å²) < 4.78 is 30.9. The molecule has 1 amide bonds. The quantitative estimate of drug-likeness (QED) is 0.723. The lowest BCUT2D eigenvalue weighted by Crippen LogP contribution is -2.27. The zero-order valence-corrected chi connectivity index (χ0v) is 15.0. The van der Waals surface area contributed by atoms with E-state index in [1.807, 2.05) is 45.0 Å². The number of hydrogen-bond donors (Lipinski definition) is 1. The Bertz CT molecular complexity index is 726. The molecule has 2 aromatic rings. The Morgan fingerprint density at radius 1 is 1.20 bits per heavy atom. The first kappa shape index (κ1) is 19.2. The molecule has 0 radical (unpaired) electrons. The van der Waals surface area contributed by atoms with Crippen molar-refractivity contribution in [1.82, 2.24) is 10.3 Å². The van der Waals surface area contributed by atoms with Gasteiger partial charge in [0, 0.05) is 6.20 Å². The first-order chi connectivity index (χ1) is 11.9. The average molecular weight is 366 g/mol. The second kappa shape index (κ2) is 8.80. The number of aromatic nitrogens is 1. The van der Waals surface area contributed by atoms with E-state index in [0.717, 1.165) is 5.56 Å². The number of ether oxygens (including phenoxy) is 1. The van der Waals surface area contributed by atoms with Gasteiger partial charge in [-0.3, -0.25) is 4.79 Å². The molecule has 1 unspecified atom stereocenters. The van der Waals surface area contributed by atoms with Gasteiger partial charge in [0.25, 0.3) is 11.7 Å². The number of benzene rings is 1. The number of nitrogens with zero attached hydrogens (tertiary/aromatic N) is 1. The zero-order chi connectivity index (χ0) is 18.4. The molecule has 0 aliphatic heterocycles. The summed E-state index contributed by atoms with van der Waals surface area (Å²) in [4.78, 5) is 16.3. The predicted molar refractivity (Wildman–Crippen MR) is 94.2 cm³/mol. The molecule has 134 valence electrons. The van der Waals surface area contributed by atoms with Crippen LogP contribution in [0.3, 0.4) is 0 Å². The number of alkyl halides is 2. The van der Waals surface area contributed by atoms with Crippen LogP contribution in [0.25, 0.3) is 0 Å². The van der Waals surface area contributed by atoms with Crippen molar-refractivity contribution in [3.8, 4) is 5.75 Å². The van der Waals surface area contributed by atoms with Crippen LogP contribution in [0.2, 0.25) is 0 Å². The Labute approximate surface area is 150 Å². The molecule has 0 saturated heterocycles. The van der Waals surface area contributed by atoms with Crippen LogP contribution in [0, 0.1) is 0 Å². The molecule has 1 heterocycles. The highest BCUT2D eigenvalue weighted by molar-refractivity contribution is 7.99. The number of nitrogens with one attached hydrogen (secondary N) is 1. The first-order valence-electron chi connectivity index (χ1n) is 7.84. The van der Waals surface area contributed by atoms with Crippen LogP contribution < -0.4 is 10.1 Å². The van der Waals surface area contributed by atoms with Crippen molar-refractivity contribution >= 4 is 17.7 Å². The molecule has 0 spiro atoms. The number of halogens is 2. The summed E-state index contributed by atoms with van der Waals surface area (Å²) in [5.74, 6) is -2.37. The van der Waals surface area contributed by atoms with Gasteiger partial charge in [0.1, 0.15) is 10.8 Å². The van der Waals surface area contributed by atoms with Gasteiger partial charge in [0.05, 0.1) is 17.7 Å². The minimum atomic E-state index is -2.64. The smallest absolute Gasteiger partial charge is 0.290 e. The third kappa shape index (κ3) is 5.70. The molecule has 1 atom stereocenters. The van der Waals surface area contributed by atoms with E-state index in [0.29, 0.717) is 5.75 Å². The number of rotatable bonds is 7. The third-order valence-electron chi connectivity index (χ3n) is 3.29. The minimum Gasteiger partial charge on any atom is -0.491 e. The van der Waals surface area contributed by atoms with E-state index in [9.17, 15) is 13.6 Å². The van der Waals surface area contributed by atoms with Crippen molar-refractivity contribution in [3.05, 3.63) is 53.7 Å². The van der Waals surface area contributed by atoms with Gasteiger partial charge in [0.2, 0.25) is 0 Å². The van der Waals surface area contributed by atoms with Gasteiger partial charge >= 0.3 is 0 Å². The predicted octanol–water partition coefficient (Wildman–Crippen LogP) is 4.67. The van der Waals surface area contributed by atoms with Gasteiger partial charge in [-0.25, -0.2) is 4.98 Å². The number of thioether (sulfide) groups is 1. The van der Waals surface area contributed by atoms with E-state index in [1.165, 1.54) is 12.3 Å². The Morgan fingerprint density at radius 2 is 1.96 bits per heavy atom. The molecule has 4 nitrogen and oxygen atoms in total. The fraction of sp³-hybridized carbons (Fsp3) is 0.333. The summed E-state index contributed by atoms with van der Waals surface area (Å²) in [5.41, 5.74) is 0.993. The Hall–Kier alpha value is -2.15. The number of carbonyl (C=O) groups excluding carboxylic acids is 1. The molecular formula is C18H20F2N2O2S. The lowest BCUT2D eigenvalue weighted by Gasteiger charge is -2.17. The van der Waals surface area contributed by atoms with Gasteiger partial charge in [-0.2, -0.15) is 8.78 Å². The van der Waals surface area contributed by atoms with Gasteiger partial charge in [-0.15, -0.1) is 0 Å². The van der Waals surface area contributed by atoms with E-state index in [4.69, 9.17) is 4.74 Å². The maximum Gasteiger partial charge on any atom is 0.290 e. The summed E-state index contributed by atoms with van der Waals surface area (Å²) >= 11 is 0.260. The lowest BCUT2D eigenvalue weighted by molar-refractivity contribution is 0.0936. The van der Waals surface area contributed by atoms with Crippen molar-refractivity contribution in [3.63, 3.8) is 0 Å². The summed E-state index contributed by atoms with van der Waals surface area (Å²) in [6.07, 6.45) is 1.43. The Balaban J connectivity index is 2.13. The summed E-state index contributed by atoms with van der Waals surface area (Å²) in [7, 11) is 0. The largest absolute Gasteiger partial charge is 0.491 e. The molecule has 25 heavy (non-hydrogen) atoms. The van der Waals surface area contributed by atoms with Crippen LogP contribution in [0.5, 0.6) is 5.75 Å². The van der Waals surface area contributed by atoms with Crippen LogP contribution >= 0.6 is 11.8 Å². The molecule has 1 aromatic carbocycles. The molecule has 7 heteroatoms. The van der Waals surface area contributed by atoms with Crippen molar-refractivity contribution in [2.45, 2.75) is 43.7 Å². The molecule has 2 rings (SSSR count). The topological polar surface area (TPSA) is 51.2 Å². The maximum atomic E-state index is 12.6. The van der Waals surface area contributed by atoms with E-state index < -0.39 is 11.7 Å². The highest BCUT2D eigenvalue weighted by atomic mass is 32.2. The standard InChI is InChI=1S/C18H20F2N2O2S/c1-11(2)24-14-7-4-6-13(10-14)12(3)22-16(23)15-8-5-9-21-17(15)25-18(19)20/h4-12,18H,1-3H3,(H,22,23). The van der Waals surface area contributed by atoms with Crippen LogP contribution in [-0.2, 0) is 0 Å². The van der Waals surface area contributed by atoms with E-state index >= 15 is 0 Å². The van der Waals surface area contributed by atoms with Crippen LogP contribution in [0.4, 0.5) is 8.78 Å². The van der Waals surface area contributed by atoms with Crippen LogP contribution in [0.15, 0.2) is 47.6 Å². The van der Waals surface area contributed by atoms with E-state index in [1.54, 1.807) is 6.07 Å². The van der Waals surface area contributed by atoms with Crippen molar-refractivity contribution < 1.29 is 18.3 Å². The second-order valence-electron chi connectivity index (χ2n) is 5.67. The molecule has 1 N–H and O–H groups in total. The Morgan fingerprint density at radius 3 is 2.64 bits per heavy atom. The monoisotopic (exact) mass is 366 g/mol. The molecule has 1 aromatic heterocycles. The third-order valence-corrected chi connectivity index (χ3v) is 4.02. The zero-order valence-electron chi connectivity index (χ0n) is 14.2. The molecule has 0 saturated carbocycles. The number of amides is 1. The molecule has 0 aliphatic carbocycles.